The van der Waals surface area contributed by atoms with E-state index in [1.807, 2.05) is 30.3 Å². The van der Waals surface area contributed by atoms with Gasteiger partial charge in [-0.05, 0) is 92.2 Å². The monoisotopic (exact) mass is 616 g/mol. The largest absolute Gasteiger partial charge is 0.487 e. The Morgan fingerprint density at radius 1 is 1.27 bits per heavy atom. The van der Waals surface area contributed by atoms with Crippen LogP contribution in [0.15, 0.2) is 59.1 Å². The van der Waals surface area contributed by atoms with E-state index in [2.05, 4.69) is 50.4 Å². The molecule has 1 heterocycles. The average Bonchev–Trinajstić information content (AvgIpc) is 2.69. The van der Waals surface area contributed by atoms with Gasteiger partial charge in [0.25, 0.3) is 11.8 Å². The molecular weight excluding hydrogens is 603 g/mol. The highest BCUT2D eigenvalue weighted by Crippen LogP contribution is 2.33. The van der Waals surface area contributed by atoms with Gasteiger partial charge in [-0.3, -0.25) is 19.8 Å². The molecule has 1 fully saturated rings. The molecule has 9 heteroatoms. The number of halogens is 3. The number of amides is 2. The van der Waals surface area contributed by atoms with E-state index in [1.54, 1.807) is 12.1 Å². The van der Waals surface area contributed by atoms with Crippen molar-refractivity contribution in [3.8, 4) is 5.75 Å². The number of hydrogen-bond acceptors (Lipinski definition) is 4. The molecule has 0 atom stereocenters. The summed E-state index contributed by atoms with van der Waals surface area (Å²) in [6, 6.07) is 11.0. The Labute approximate surface area is 206 Å². The maximum absolute atomic E-state index is 12.7. The Bertz CT molecular complexity index is 1050. The lowest BCUT2D eigenvalue weighted by atomic mass is 10.1. The van der Waals surface area contributed by atoms with Crippen LogP contribution in [0.2, 0.25) is 5.02 Å². The quantitative estimate of drug-likeness (QED) is 0.161. The molecule has 0 aliphatic carbocycles. The van der Waals surface area contributed by atoms with Crippen molar-refractivity contribution in [1.82, 2.24) is 10.2 Å². The minimum atomic E-state index is -0.528. The molecule has 0 aromatic heterocycles. The highest BCUT2D eigenvalue weighted by Gasteiger charge is 2.32. The van der Waals surface area contributed by atoms with Crippen LogP contribution < -0.4 is 10.1 Å². The number of rotatable bonds is 6. The van der Waals surface area contributed by atoms with Gasteiger partial charge in [0.15, 0.2) is 5.11 Å². The van der Waals surface area contributed by atoms with Crippen LogP contribution in [0, 0.1) is 3.57 Å². The third-order valence-electron chi connectivity index (χ3n) is 4.13. The van der Waals surface area contributed by atoms with Gasteiger partial charge in [-0.15, -0.1) is 6.58 Å². The lowest BCUT2D eigenvalue weighted by molar-refractivity contribution is -0.128. The van der Waals surface area contributed by atoms with Gasteiger partial charge in [0.05, 0.1) is 8.04 Å². The predicted octanol–water partition coefficient (Wildman–Crippen LogP) is 5.10. The second kappa shape index (κ2) is 10.0. The van der Waals surface area contributed by atoms with Gasteiger partial charge >= 0.3 is 0 Å². The second-order valence-corrected chi connectivity index (χ2v) is 9.09. The van der Waals surface area contributed by atoms with Crippen molar-refractivity contribution in [2.45, 2.75) is 6.61 Å². The van der Waals surface area contributed by atoms with Gasteiger partial charge < -0.3 is 4.74 Å². The summed E-state index contributed by atoms with van der Waals surface area (Å²) >= 11 is 16.6. The van der Waals surface area contributed by atoms with Crippen LogP contribution in [0.3, 0.4) is 0 Å². The molecule has 0 saturated carbocycles. The number of nitrogens with one attached hydrogen (secondary N) is 1. The zero-order chi connectivity index (χ0) is 21.8. The minimum absolute atomic E-state index is 0.00276. The second-order valence-electron chi connectivity index (χ2n) is 6.25. The first-order chi connectivity index (χ1) is 14.3. The van der Waals surface area contributed by atoms with E-state index in [9.17, 15) is 9.59 Å². The molecule has 0 bridgehead atoms. The van der Waals surface area contributed by atoms with Crippen LogP contribution in [0.1, 0.15) is 11.1 Å². The van der Waals surface area contributed by atoms with Crippen molar-refractivity contribution in [3.63, 3.8) is 0 Å². The van der Waals surface area contributed by atoms with E-state index in [0.717, 1.165) is 9.13 Å². The van der Waals surface area contributed by atoms with E-state index < -0.39 is 11.8 Å². The SMILES string of the molecule is C=CCN1C(=O)/C(=C/c2cc(Br)c(OCc3ccc(Cl)cc3)c(I)c2)C(=O)NC1=S. The van der Waals surface area contributed by atoms with Gasteiger partial charge in [-0.25, -0.2) is 0 Å². The molecule has 1 N–H and O–H groups in total. The summed E-state index contributed by atoms with van der Waals surface area (Å²) in [7, 11) is 0. The Kier molecular flexibility index (Phi) is 7.67. The molecule has 1 saturated heterocycles. The third kappa shape index (κ3) is 5.29. The number of carbonyl (C=O) groups excluding carboxylic acids is 2. The number of carbonyl (C=O) groups is 2. The molecule has 2 aromatic carbocycles. The van der Waals surface area contributed by atoms with Crippen molar-refractivity contribution in [2.75, 3.05) is 6.54 Å². The molecule has 2 aromatic rings. The molecule has 30 heavy (non-hydrogen) atoms. The lowest BCUT2D eigenvalue weighted by Gasteiger charge is -2.27. The number of benzene rings is 2. The Morgan fingerprint density at radius 3 is 2.60 bits per heavy atom. The molecule has 0 unspecified atom stereocenters. The van der Waals surface area contributed by atoms with Gasteiger partial charge in [0, 0.05) is 11.6 Å². The Morgan fingerprint density at radius 2 is 1.97 bits per heavy atom. The summed E-state index contributed by atoms with van der Waals surface area (Å²) in [5.41, 5.74) is 1.66. The van der Waals surface area contributed by atoms with Crippen LogP contribution in [-0.4, -0.2) is 28.4 Å². The molecule has 5 nitrogen and oxygen atoms in total. The standard InChI is InChI=1S/C21H15BrClIN2O3S/c1-2-7-26-20(28)15(19(27)25-21(26)30)8-13-9-16(22)18(17(24)10-13)29-11-12-3-5-14(23)6-4-12/h2-6,8-10H,1,7,11H2,(H,25,27,30)/b15-8+. The van der Waals surface area contributed by atoms with Crippen molar-refractivity contribution in [3.05, 3.63) is 78.8 Å². The molecule has 154 valence electrons. The van der Waals surface area contributed by atoms with Crippen LogP contribution in [-0.2, 0) is 16.2 Å². The summed E-state index contributed by atoms with van der Waals surface area (Å²) in [5.74, 6) is -0.320. The summed E-state index contributed by atoms with van der Waals surface area (Å²) in [4.78, 5) is 26.3. The Balaban J connectivity index is 1.84. The fourth-order valence-electron chi connectivity index (χ4n) is 2.69. The highest BCUT2D eigenvalue weighted by atomic mass is 127. The van der Waals surface area contributed by atoms with Crippen molar-refractivity contribution >= 4 is 85.3 Å². The fraction of sp³-hybridized carbons (Fsp3) is 0.0952. The van der Waals surface area contributed by atoms with Gasteiger partial charge in [0.2, 0.25) is 0 Å². The highest BCUT2D eigenvalue weighted by molar-refractivity contribution is 14.1. The van der Waals surface area contributed by atoms with E-state index in [1.165, 1.54) is 11.0 Å². The molecule has 0 radical (unpaired) electrons. The van der Waals surface area contributed by atoms with Crippen molar-refractivity contribution in [2.24, 2.45) is 0 Å². The van der Waals surface area contributed by atoms with Crippen LogP contribution in [0.5, 0.6) is 5.75 Å². The first-order valence-corrected chi connectivity index (χ1v) is 11.3. The number of nitrogens with zero attached hydrogens (tertiary/aromatic N) is 1. The van der Waals surface area contributed by atoms with Crippen LogP contribution in [0.25, 0.3) is 6.08 Å². The van der Waals surface area contributed by atoms with Crippen molar-refractivity contribution < 1.29 is 14.3 Å². The molecule has 3 rings (SSSR count). The van der Waals surface area contributed by atoms with Gasteiger partial charge in [-0.2, -0.15) is 0 Å². The summed E-state index contributed by atoms with van der Waals surface area (Å²) in [5, 5.41) is 3.27. The maximum Gasteiger partial charge on any atom is 0.265 e. The lowest BCUT2D eigenvalue weighted by Crippen LogP contribution is -2.53. The van der Waals surface area contributed by atoms with E-state index >= 15 is 0 Å². The molecule has 2 amide bonds. The molecule has 0 spiro atoms. The Hall–Kier alpha value is -1.75. The average molecular weight is 618 g/mol. The molecule has 1 aliphatic rings. The summed E-state index contributed by atoms with van der Waals surface area (Å²) < 4.78 is 7.47. The summed E-state index contributed by atoms with van der Waals surface area (Å²) in [6.45, 7) is 4.21. The first-order valence-electron chi connectivity index (χ1n) is 8.66. The smallest absolute Gasteiger partial charge is 0.265 e. The van der Waals surface area contributed by atoms with E-state index in [0.29, 0.717) is 27.4 Å². The van der Waals surface area contributed by atoms with Gasteiger partial charge in [0.1, 0.15) is 17.9 Å². The minimum Gasteiger partial charge on any atom is -0.487 e. The predicted molar refractivity (Wildman–Crippen MR) is 133 cm³/mol. The molecular formula is C21H15BrClIN2O3S. The van der Waals surface area contributed by atoms with Crippen LogP contribution in [0.4, 0.5) is 0 Å². The van der Waals surface area contributed by atoms with E-state index in [-0.39, 0.29) is 17.2 Å². The van der Waals surface area contributed by atoms with Gasteiger partial charge in [-0.1, -0.05) is 29.8 Å². The third-order valence-corrected chi connectivity index (χ3v) is 6.09. The fourth-order valence-corrected chi connectivity index (χ4v) is 4.84. The van der Waals surface area contributed by atoms with E-state index in [4.69, 9.17) is 28.6 Å². The number of hydrogen-bond donors (Lipinski definition) is 1. The normalized spacial score (nSPS) is 15.4. The topological polar surface area (TPSA) is 58.6 Å². The molecule has 1 aliphatic heterocycles. The van der Waals surface area contributed by atoms with Crippen LogP contribution >= 0.6 is 62.3 Å². The number of ether oxygens (including phenoxy) is 1. The zero-order valence-electron chi connectivity index (χ0n) is 15.5. The maximum atomic E-state index is 12.7. The first kappa shape index (κ1) is 22.9. The number of thiocarbonyl (C=S) groups is 1. The van der Waals surface area contributed by atoms with Crippen molar-refractivity contribution in [1.29, 1.82) is 0 Å². The summed E-state index contributed by atoms with van der Waals surface area (Å²) in [6.07, 6.45) is 3.08. The zero-order valence-corrected chi connectivity index (χ0v) is 20.8.